The third-order valence-corrected chi connectivity index (χ3v) is 2.03. The molecule has 0 fully saturated rings. The van der Waals surface area contributed by atoms with E-state index >= 15 is 0 Å². The molecule has 0 aliphatic rings. The number of hydrogen-bond donors (Lipinski definition) is 0. The van der Waals surface area contributed by atoms with Crippen LogP contribution in [0.2, 0.25) is 0 Å². The maximum absolute atomic E-state index is 10.7. The van der Waals surface area contributed by atoms with Crippen LogP contribution in [0.5, 0.6) is 0 Å². The lowest BCUT2D eigenvalue weighted by Crippen LogP contribution is -1.92. The Labute approximate surface area is 87.4 Å². The summed E-state index contributed by atoms with van der Waals surface area (Å²) < 4.78 is 0. The van der Waals surface area contributed by atoms with Gasteiger partial charge in [-0.2, -0.15) is 0 Å². The van der Waals surface area contributed by atoms with Gasteiger partial charge in [-0.1, -0.05) is 19.1 Å². The maximum Gasteiger partial charge on any atom is 0.276 e. The zero-order chi connectivity index (χ0) is 11.3. The highest BCUT2D eigenvalue weighted by molar-refractivity contribution is 5.83. The van der Waals surface area contributed by atoms with Crippen LogP contribution in [0.1, 0.15) is 18.9 Å². The van der Waals surface area contributed by atoms with Crippen molar-refractivity contribution in [2.75, 3.05) is 0 Å². The van der Waals surface area contributed by atoms with Gasteiger partial charge in [-0.25, -0.2) is 0 Å². The number of aldehydes is 1. The molecule has 0 N–H and O–H groups in total. The van der Waals surface area contributed by atoms with Crippen LogP contribution in [0.4, 0.5) is 5.69 Å². The molecule has 1 rings (SSSR count). The number of allylic oxidation sites excluding steroid dienone is 1. The van der Waals surface area contributed by atoms with Gasteiger partial charge < -0.3 is 0 Å². The Balaban J connectivity index is 3.19. The summed E-state index contributed by atoms with van der Waals surface area (Å²) in [6, 6.07) is 6.35. The first kappa shape index (κ1) is 11.1. The van der Waals surface area contributed by atoms with Gasteiger partial charge in [-0.15, -0.1) is 0 Å². The lowest BCUT2D eigenvalue weighted by Gasteiger charge is -1.98. The molecule has 0 aliphatic carbocycles. The minimum Gasteiger partial charge on any atom is -0.298 e. The standard InChI is InChI=1S/C11H11NO3/c1-2-9(8-13)7-10-5-3-4-6-11(10)12(14)15/h3-8H,2H2,1H3. The summed E-state index contributed by atoms with van der Waals surface area (Å²) in [5.41, 5.74) is 1.03. The van der Waals surface area contributed by atoms with Crippen LogP contribution in [0, 0.1) is 10.1 Å². The topological polar surface area (TPSA) is 60.2 Å². The lowest BCUT2D eigenvalue weighted by molar-refractivity contribution is -0.385. The second-order valence-corrected chi connectivity index (χ2v) is 3.01. The van der Waals surface area contributed by atoms with E-state index in [2.05, 4.69) is 0 Å². The van der Waals surface area contributed by atoms with Gasteiger partial charge in [0.05, 0.1) is 10.5 Å². The Kier molecular flexibility index (Phi) is 3.74. The van der Waals surface area contributed by atoms with Crippen LogP contribution < -0.4 is 0 Å². The Bertz CT molecular complexity index is 410. The summed E-state index contributed by atoms with van der Waals surface area (Å²) in [6.45, 7) is 1.83. The number of nitrogens with zero attached hydrogens (tertiary/aromatic N) is 1. The highest BCUT2D eigenvalue weighted by Crippen LogP contribution is 2.20. The minimum absolute atomic E-state index is 0.0188. The molecule has 0 amide bonds. The van der Waals surface area contributed by atoms with E-state index in [1.54, 1.807) is 24.3 Å². The normalized spacial score (nSPS) is 11.1. The van der Waals surface area contributed by atoms with Gasteiger partial charge in [0, 0.05) is 6.07 Å². The third-order valence-electron chi connectivity index (χ3n) is 2.03. The molecule has 0 saturated carbocycles. The van der Waals surface area contributed by atoms with E-state index in [9.17, 15) is 14.9 Å². The van der Waals surface area contributed by atoms with Crippen molar-refractivity contribution in [2.24, 2.45) is 0 Å². The molecule has 0 atom stereocenters. The third kappa shape index (κ3) is 2.74. The van der Waals surface area contributed by atoms with E-state index < -0.39 is 4.92 Å². The fraction of sp³-hybridized carbons (Fsp3) is 0.182. The number of hydrogen-bond acceptors (Lipinski definition) is 3. The summed E-state index contributed by atoms with van der Waals surface area (Å²) in [4.78, 5) is 20.8. The Morgan fingerprint density at radius 1 is 1.47 bits per heavy atom. The van der Waals surface area contributed by atoms with E-state index in [1.165, 1.54) is 6.07 Å². The molecular formula is C11H11NO3. The van der Waals surface area contributed by atoms with E-state index in [0.717, 1.165) is 6.29 Å². The number of nitro benzene ring substituents is 1. The van der Waals surface area contributed by atoms with Crippen molar-refractivity contribution in [3.05, 3.63) is 45.5 Å². The first-order valence-corrected chi connectivity index (χ1v) is 4.58. The first-order valence-electron chi connectivity index (χ1n) is 4.58. The summed E-state index contributed by atoms with van der Waals surface area (Å²) in [5.74, 6) is 0. The van der Waals surface area contributed by atoms with Gasteiger partial charge >= 0.3 is 0 Å². The molecule has 0 unspecified atom stereocenters. The number of carbonyl (C=O) groups excluding carboxylic acids is 1. The average molecular weight is 205 g/mol. The number of carbonyl (C=O) groups is 1. The largest absolute Gasteiger partial charge is 0.298 e. The molecule has 0 bridgehead atoms. The van der Waals surface area contributed by atoms with Crippen LogP contribution in [-0.4, -0.2) is 11.2 Å². The van der Waals surface area contributed by atoms with Gasteiger partial charge in [0.2, 0.25) is 0 Å². The molecule has 0 saturated heterocycles. The molecular weight excluding hydrogens is 194 g/mol. The van der Waals surface area contributed by atoms with Crippen molar-refractivity contribution < 1.29 is 9.72 Å². The van der Waals surface area contributed by atoms with Gasteiger partial charge in [0.25, 0.3) is 5.69 Å². The zero-order valence-electron chi connectivity index (χ0n) is 8.34. The van der Waals surface area contributed by atoms with E-state index in [1.807, 2.05) is 6.92 Å². The first-order chi connectivity index (χ1) is 7.19. The number of nitro groups is 1. The fourth-order valence-electron chi connectivity index (χ4n) is 1.20. The summed E-state index contributed by atoms with van der Waals surface area (Å²) in [5, 5.41) is 10.7. The van der Waals surface area contributed by atoms with Crippen molar-refractivity contribution in [1.29, 1.82) is 0 Å². The summed E-state index contributed by atoms with van der Waals surface area (Å²) in [7, 11) is 0. The summed E-state index contributed by atoms with van der Waals surface area (Å²) in [6.07, 6.45) is 2.83. The monoisotopic (exact) mass is 205 g/mol. The van der Waals surface area contributed by atoms with Crippen molar-refractivity contribution in [1.82, 2.24) is 0 Å². The molecule has 15 heavy (non-hydrogen) atoms. The molecule has 0 heterocycles. The molecule has 4 nitrogen and oxygen atoms in total. The summed E-state index contributed by atoms with van der Waals surface area (Å²) >= 11 is 0. The molecule has 0 aromatic heterocycles. The smallest absolute Gasteiger partial charge is 0.276 e. The zero-order valence-corrected chi connectivity index (χ0v) is 8.34. The quantitative estimate of drug-likeness (QED) is 0.328. The van der Waals surface area contributed by atoms with Crippen LogP contribution >= 0.6 is 0 Å². The van der Waals surface area contributed by atoms with Crippen molar-refractivity contribution in [2.45, 2.75) is 13.3 Å². The predicted molar refractivity (Wildman–Crippen MR) is 57.4 cm³/mol. The highest BCUT2D eigenvalue weighted by Gasteiger charge is 2.10. The van der Waals surface area contributed by atoms with Crippen LogP contribution in [-0.2, 0) is 4.79 Å². The minimum atomic E-state index is -0.454. The van der Waals surface area contributed by atoms with Gasteiger partial charge in [-0.05, 0) is 24.1 Å². The molecule has 78 valence electrons. The average Bonchev–Trinajstić information content (AvgIpc) is 2.26. The van der Waals surface area contributed by atoms with Crippen LogP contribution in [0.3, 0.4) is 0 Å². The molecule has 4 heteroatoms. The van der Waals surface area contributed by atoms with Crippen LogP contribution in [0.25, 0.3) is 6.08 Å². The number of para-hydroxylation sites is 1. The van der Waals surface area contributed by atoms with Gasteiger partial charge in [0.15, 0.2) is 0 Å². The van der Waals surface area contributed by atoms with Gasteiger partial charge in [0.1, 0.15) is 6.29 Å². The van der Waals surface area contributed by atoms with Crippen LogP contribution in [0.15, 0.2) is 29.8 Å². The number of benzene rings is 1. The Hall–Kier alpha value is -1.97. The Morgan fingerprint density at radius 2 is 2.13 bits per heavy atom. The molecule has 0 radical (unpaired) electrons. The highest BCUT2D eigenvalue weighted by atomic mass is 16.6. The molecule has 1 aromatic rings. The fourth-order valence-corrected chi connectivity index (χ4v) is 1.20. The van der Waals surface area contributed by atoms with Gasteiger partial charge in [-0.3, -0.25) is 14.9 Å². The van der Waals surface area contributed by atoms with E-state index in [-0.39, 0.29) is 5.69 Å². The maximum atomic E-state index is 10.7. The second kappa shape index (κ2) is 5.05. The molecule has 0 aliphatic heterocycles. The van der Waals surface area contributed by atoms with E-state index in [0.29, 0.717) is 17.6 Å². The Morgan fingerprint density at radius 3 is 2.67 bits per heavy atom. The van der Waals surface area contributed by atoms with E-state index in [4.69, 9.17) is 0 Å². The molecule has 1 aromatic carbocycles. The van der Waals surface area contributed by atoms with Crippen molar-refractivity contribution in [3.8, 4) is 0 Å². The van der Waals surface area contributed by atoms with Crippen molar-refractivity contribution in [3.63, 3.8) is 0 Å². The number of rotatable bonds is 4. The SMILES string of the molecule is CCC(C=O)=Cc1ccccc1[N+](=O)[O-]. The lowest BCUT2D eigenvalue weighted by atomic mass is 10.1. The van der Waals surface area contributed by atoms with Crippen molar-refractivity contribution >= 4 is 18.0 Å². The second-order valence-electron chi connectivity index (χ2n) is 3.01. The predicted octanol–water partition coefficient (Wildman–Crippen LogP) is 2.59. The molecule has 0 spiro atoms.